The van der Waals surface area contributed by atoms with Crippen LogP contribution in [-0.4, -0.2) is 32.4 Å². The molecule has 1 aliphatic rings. The Kier molecular flexibility index (Phi) is 4.27. The van der Waals surface area contributed by atoms with Crippen LogP contribution in [0.25, 0.3) is 0 Å². The first-order valence-corrected chi connectivity index (χ1v) is 10.1. The summed E-state index contributed by atoms with van der Waals surface area (Å²) in [6.45, 7) is 8.59. The summed E-state index contributed by atoms with van der Waals surface area (Å²) in [5.74, 6) is 0. The summed E-state index contributed by atoms with van der Waals surface area (Å²) in [5, 5.41) is 0. The fourth-order valence-electron chi connectivity index (χ4n) is 2.33. The first-order chi connectivity index (χ1) is 9.13. The topological polar surface area (TPSA) is 12.5 Å². The van der Waals surface area contributed by atoms with Gasteiger partial charge in [-0.05, 0) is 31.3 Å². The molecule has 0 radical (unpaired) electrons. The molecule has 1 aromatic carbocycles. The van der Waals surface area contributed by atoms with Crippen LogP contribution in [0, 0.1) is 0 Å². The number of rotatable bonds is 4. The molecule has 0 spiro atoms. The van der Waals surface area contributed by atoms with Gasteiger partial charge in [-0.25, -0.2) is 0 Å². The van der Waals surface area contributed by atoms with E-state index in [1.54, 1.807) is 6.07 Å². The molecule has 1 saturated heterocycles. The highest BCUT2D eigenvalue weighted by Crippen LogP contribution is 2.30. The quantitative estimate of drug-likeness (QED) is 0.786. The van der Waals surface area contributed by atoms with E-state index >= 15 is 0 Å². The molecule has 0 atom stereocenters. The zero-order valence-corrected chi connectivity index (χ0v) is 13.0. The average molecular weight is 303 g/mol. The lowest BCUT2D eigenvalue weighted by Gasteiger charge is -2.42. The summed E-state index contributed by atoms with van der Waals surface area (Å²) in [5.41, 5.74) is 0.122. The van der Waals surface area contributed by atoms with Gasteiger partial charge >= 0.3 is 6.18 Å². The van der Waals surface area contributed by atoms with Gasteiger partial charge in [-0.3, -0.25) is 4.90 Å². The number of hydrogen-bond donors (Lipinski definition) is 0. The lowest BCUT2D eigenvalue weighted by Crippen LogP contribution is -2.54. The predicted octanol–water partition coefficient (Wildman–Crippen LogP) is 3.74. The molecule has 0 amide bonds. The molecule has 1 heterocycles. The van der Waals surface area contributed by atoms with Crippen LogP contribution < -0.4 is 0 Å². The van der Waals surface area contributed by atoms with Crippen molar-refractivity contribution in [2.75, 3.05) is 13.1 Å². The second-order valence-corrected chi connectivity index (χ2v) is 10.7. The van der Waals surface area contributed by atoms with Gasteiger partial charge in [-0.15, -0.1) is 0 Å². The molecular formula is C14H20F3NOSi. The Morgan fingerprint density at radius 2 is 1.90 bits per heavy atom. The zero-order chi connectivity index (χ0) is 15.0. The largest absolute Gasteiger partial charge is 0.416 e. The average Bonchev–Trinajstić information content (AvgIpc) is 2.23. The Balaban J connectivity index is 1.87. The van der Waals surface area contributed by atoms with Gasteiger partial charge in [0.2, 0.25) is 0 Å². The maximum absolute atomic E-state index is 12.6. The summed E-state index contributed by atoms with van der Waals surface area (Å²) >= 11 is 0. The molecule has 2 nitrogen and oxygen atoms in total. The highest BCUT2D eigenvalue weighted by molar-refractivity contribution is 6.69. The lowest BCUT2D eigenvalue weighted by atomic mass is 10.1. The molecule has 1 aliphatic heterocycles. The Morgan fingerprint density at radius 3 is 2.45 bits per heavy atom. The third-order valence-electron chi connectivity index (χ3n) is 3.10. The molecule has 0 aliphatic carbocycles. The van der Waals surface area contributed by atoms with Gasteiger partial charge in [0.15, 0.2) is 8.32 Å². The van der Waals surface area contributed by atoms with Crippen LogP contribution in [0.4, 0.5) is 13.2 Å². The normalized spacial score (nSPS) is 18.1. The standard InChI is InChI=1S/C14H20F3NOSi/c1-20(2,3)19-13-9-18(10-13)8-11-5-4-6-12(7-11)14(15,16)17/h4-7,13H,8-10H2,1-3H3. The van der Waals surface area contributed by atoms with Gasteiger partial charge in [0.1, 0.15) is 0 Å². The van der Waals surface area contributed by atoms with E-state index in [0.29, 0.717) is 12.1 Å². The summed E-state index contributed by atoms with van der Waals surface area (Å²) in [7, 11) is -1.52. The second kappa shape index (κ2) is 5.50. The fourth-order valence-corrected chi connectivity index (χ4v) is 3.48. The molecule has 1 aromatic rings. The molecule has 20 heavy (non-hydrogen) atoms. The molecule has 0 N–H and O–H groups in total. The van der Waals surface area contributed by atoms with E-state index in [9.17, 15) is 13.2 Å². The van der Waals surface area contributed by atoms with Crippen LogP contribution in [0.3, 0.4) is 0 Å². The van der Waals surface area contributed by atoms with E-state index in [1.807, 2.05) is 0 Å². The monoisotopic (exact) mass is 303 g/mol. The van der Waals surface area contributed by atoms with Gasteiger partial charge in [0, 0.05) is 19.6 Å². The van der Waals surface area contributed by atoms with Crippen LogP contribution >= 0.6 is 0 Å². The van der Waals surface area contributed by atoms with Crippen LogP contribution in [-0.2, 0) is 17.1 Å². The molecule has 0 bridgehead atoms. The lowest BCUT2D eigenvalue weighted by molar-refractivity contribution is -0.137. The smallest absolute Gasteiger partial charge is 0.412 e. The first-order valence-electron chi connectivity index (χ1n) is 6.70. The Morgan fingerprint density at radius 1 is 1.25 bits per heavy atom. The van der Waals surface area contributed by atoms with Crippen molar-refractivity contribution >= 4 is 8.32 Å². The number of hydrogen-bond acceptors (Lipinski definition) is 2. The Bertz CT molecular complexity index is 464. The van der Waals surface area contributed by atoms with Crippen LogP contribution in [0.5, 0.6) is 0 Å². The van der Waals surface area contributed by atoms with Crippen LogP contribution in [0.2, 0.25) is 19.6 Å². The summed E-state index contributed by atoms with van der Waals surface area (Å²) < 4.78 is 43.8. The number of alkyl halides is 3. The van der Waals surface area contributed by atoms with Gasteiger partial charge < -0.3 is 4.43 Å². The molecule has 0 aromatic heterocycles. The Hall–Kier alpha value is -0.853. The van der Waals surface area contributed by atoms with Crippen molar-refractivity contribution in [1.82, 2.24) is 4.90 Å². The summed E-state index contributed by atoms with van der Waals surface area (Å²) in [4.78, 5) is 2.11. The molecule has 1 fully saturated rings. The van der Waals surface area contributed by atoms with Gasteiger partial charge in [0.05, 0.1) is 11.7 Å². The number of nitrogens with zero attached hydrogens (tertiary/aromatic N) is 1. The maximum atomic E-state index is 12.6. The number of likely N-dealkylation sites (tertiary alicyclic amines) is 1. The molecule has 0 saturated carbocycles. The van der Waals surface area contributed by atoms with Crippen LogP contribution in [0.1, 0.15) is 11.1 Å². The number of benzene rings is 1. The molecular weight excluding hydrogens is 283 g/mol. The molecule has 0 unspecified atom stereocenters. The van der Waals surface area contributed by atoms with Crippen molar-refractivity contribution in [3.8, 4) is 0 Å². The van der Waals surface area contributed by atoms with Crippen molar-refractivity contribution in [1.29, 1.82) is 0 Å². The minimum atomic E-state index is -4.27. The maximum Gasteiger partial charge on any atom is 0.416 e. The van der Waals surface area contributed by atoms with Crippen molar-refractivity contribution in [3.05, 3.63) is 35.4 Å². The SMILES string of the molecule is C[Si](C)(C)OC1CN(Cc2cccc(C(F)(F)F)c2)C1. The van der Waals surface area contributed by atoms with Crippen LogP contribution in [0.15, 0.2) is 24.3 Å². The van der Waals surface area contributed by atoms with Gasteiger partial charge in [0.25, 0.3) is 0 Å². The Labute approximate surface area is 118 Å². The second-order valence-electron chi connectivity index (χ2n) is 6.24. The van der Waals surface area contributed by atoms with Crippen molar-refractivity contribution in [2.24, 2.45) is 0 Å². The van der Waals surface area contributed by atoms with E-state index in [2.05, 4.69) is 24.5 Å². The third-order valence-corrected chi connectivity index (χ3v) is 4.14. The van der Waals surface area contributed by atoms with E-state index in [1.165, 1.54) is 12.1 Å². The minimum Gasteiger partial charge on any atom is -0.412 e. The highest BCUT2D eigenvalue weighted by atomic mass is 28.4. The van der Waals surface area contributed by atoms with E-state index in [4.69, 9.17) is 4.43 Å². The van der Waals surface area contributed by atoms with Crippen molar-refractivity contribution < 1.29 is 17.6 Å². The van der Waals surface area contributed by atoms with E-state index < -0.39 is 20.1 Å². The predicted molar refractivity (Wildman–Crippen MR) is 74.9 cm³/mol. The molecule has 2 rings (SSSR count). The summed E-state index contributed by atoms with van der Waals surface area (Å²) in [6, 6.07) is 5.54. The summed E-state index contributed by atoms with van der Waals surface area (Å²) in [6.07, 6.45) is -4.03. The molecule has 6 heteroatoms. The zero-order valence-electron chi connectivity index (χ0n) is 12.0. The van der Waals surface area contributed by atoms with E-state index in [-0.39, 0.29) is 6.10 Å². The van der Waals surface area contributed by atoms with E-state index in [0.717, 1.165) is 19.2 Å². The minimum absolute atomic E-state index is 0.243. The van der Waals surface area contributed by atoms with Gasteiger partial charge in [-0.1, -0.05) is 18.2 Å². The van der Waals surface area contributed by atoms with Gasteiger partial charge in [-0.2, -0.15) is 13.2 Å². The highest BCUT2D eigenvalue weighted by Gasteiger charge is 2.33. The number of halogens is 3. The first kappa shape index (κ1) is 15.5. The third kappa shape index (κ3) is 4.33. The molecule has 112 valence electrons. The fraction of sp³-hybridized carbons (Fsp3) is 0.571. The van der Waals surface area contributed by atoms with Crippen molar-refractivity contribution in [2.45, 2.75) is 38.5 Å². The van der Waals surface area contributed by atoms with Crippen molar-refractivity contribution in [3.63, 3.8) is 0 Å².